The number of ether oxygens (including phenoxy) is 2. The summed E-state index contributed by atoms with van der Waals surface area (Å²) in [5, 5.41) is 11.4. The molecule has 0 spiro atoms. The van der Waals surface area contributed by atoms with Gasteiger partial charge in [0, 0.05) is 32.1 Å². The largest absolute Gasteiger partial charge is 0.493 e. The van der Waals surface area contributed by atoms with Gasteiger partial charge in [-0.2, -0.15) is 13.2 Å². The number of nitro benzene ring substituents is 1. The van der Waals surface area contributed by atoms with Gasteiger partial charge in [-0.15, -0.1) is 0 Å². The van der Waals surface area contributed by atoms with Gasteiger partial charge in [0.1, 0.15) is 12.3 Å². The van der Waals surface area contributed by atoms with Gasteiger partial charge in [-0.3, -0.25) is 14.9 Å². The summed E-state index contributed by atoms with van der Waals surface area (Å²) >= 11 is 0. The third kappa shape index (κ3) is 5.89. The van der Waals surface area contributed by atoms with Gasteiger partial charge < -0.3 is 19.3 Å². The molecule has 0 bridgehead atoms. The maximum Gasteiger partial charge on any atom is 0.416 e. The Morgan fingerprint density at radius 3 is 2.41 bits per heavy atom. The minimum Gasteiger partial charge on any atom is -0.493 e. The van der Waals surface area contributed by atoms with Crippen molar-refractivity contribution in [3.63, 3.8) is 0 Å². The molecule has 0 aliphatic carbocycles. The number of benzene rings is 2. The number of nitrogens with zero attached hydrogens (tertiary/aromatic N) is 3. The fourth-order valence-corrected chi connectivity index (χ4v) is 3.93. The molecule has 0 N–H and O–H groups in total. The molecule has 0 aromatic heterocycles. The number of carbonyl (C=O) groups is 1. The number of alkyl halides is 3. The summed E-state index contributed by atoms with van der Waals surface area (Å²) in [4.78, 5) is 26.6. The molecule has 0 radical (unpaired) electrons. The van der Waals surface area contributed by atoms with Crippen LogP contribution in [0, 0.1) is 16.0 Å². The smallest absolute Gasteiger partial charge is 0.416 e. The van der Waals surface area contributed by atoms with Gasteiger partial charge >= 0.3 is 6.18 Å². The third-order valence-electron chi connectivity index (χ3n) is 5.81. The van der Waals surface area contributed by atoms with Crippen LogP contribution < -0.4 is 14.4 Å². The molecule has 0 atom stereocenters. The second kappa shape index (κ2) is 10.6. The van der Waals surface area contributed by atoms with Gasteiger partial charge in [-0.25, -0.2) is 0 Å². The summed E-state index contributed by atoms with van der Waals surface area (Å²) in [6.07, 6.45) is -3.79. The number of rotatable bonds is 8. The number of halogens is 3. The van der Waals surface area contributed by atoms with Gasteiger partial charge in [0.25, 0.3) is 5.69 Å². The van der Waals surface area contributed by atoms with E-state index in [1.165, 1.54) is 0 Å². The molecule has 1 aliphatic rings. The van der Waals surface area contributed by atoms with Crippen molar-refractivity contribution < 1.29 is 32.4 Å². The van der Waals surface area contributed by atoms with E-state index in [1.54, 1.807) is 36.1 Å². The number of hydrogen-bond acceptors (Lipinski definition) is 6. The van der Waals surface area contributed by atoms with E-state index >= 15 is 0 Å². The van der Waals surface area contributed by atoms with Gasteiger partial charge in [-0.1, -0.05) is 12.1 Å². The molecular formula is C23H26F3N3O5. The number of methoxy groups -OCH3 is 1. The Morgan fingerprint density at radius 1 is 1.18 bits per heavy atom. The van der Waals surface area contributed by atoms with E-state index in [9.17, 15) is 28.1 Å². The fraction of sp³-hybridized carbons (Fsp3) is 0.435. The molecule has 2 aromatic rings. The molecule has 1 amide bonds. The molecule has 11 heteroatoms. The summed E-state index contributed by atoms with van der Waals surface area (Å²) in [6, 6.07) is 9.73. The second-order valence-corrected chi connectivity index (χ2v) is 7.98. The first-order valence-corrected chi connectivity index (χ1v) is 10.7. The Hall–Kier alpha value is -3.50. The third-order valence-corrected chi connectivity index (χ3v) is 5.81. The number of anilines is 1. The Balaban J connectivity index is 1.56. The van der Waals surface area contributed by atoms with Crippen LogP contribution in [0.4, 0.5) is 24.5 Å². The number of piperidine rings is 1. The molecular weight excluding hydrogens is 455 g/mol. The number of carbonyl (C=O) groups excluding carboxylic acids is 1. The highest BCUT2D eigenvalue weighted by molar-refractivity contribution is 5.79. The number of likely N-dealkylation sites (N-methyl/N-ethyl adjacent to an activating group) is 1. The minimum atomic E-state index is -4.66. The van der Waals surface area contributed by atoms with Crippen LogP contribution in [-0.4, -0.2) is 56.1 Å². The fourth-order valence-electron chi connectivity index (χ4n) is 3.93. The molecule has 0 saturated carbocycles. The Bertz CT molecular complexity index is 1020. The molecule has 2 aromatic carbocycles. The van der Waals surface area contributed by atoms with E-state index in [4.69, 9.17) is 9.47 Å². The minimum absolute atomic E-state index is 0.0646. The van der Waals surface area contributed by atoms with Crippen molar-refractivity contribution in [3.8, 4) is 11.5 Å². The predicted octanol–water partition coefficient (Wildman–Crippen LogP) is 4.38. The van der Waals surface area contributed by atoms with Crippen molar-refractivity contribution in [1.29, 1.82) is 0 Å². The summed E-state index contributed by atoms with van der Waals surface area (Å²) in [6.45, 7) is 1.29. The summed E-state index contributed by atoms with van der Waals surface area (Å²) in [5.41, 5.74) is -1.53. The summed E-state index contributed by atoms with van der Waals surface area (Å²) in [5.74, 6) is 0.838. The van der Waals surface area contributed by atoms with Crippen molar-refractivity contribution in [2.75, 3.05) is 45.3 Å². The van der Waals surface area contributed by atoms with Gasteiger partial charge in [-0.05, 0) is 37.1 Å². The topological polar surface area (TPSA) is 85.2 Å². The van der Waals surface area contributed by atoms with E-state index in [1.807, 2.05) is 12.1 Å². The number of para-hydroxylation sites is 2. The molecule has 8 nitrogen and oxygen atoms in total. The van der Waals surface area contributed by atoms with Crippen molar-refractivity contribution in [2.45, 2.75) is 19.0 Å². The first-order valence-electron chi connectivity index (χ1n) is 10.7. The zero-order chi connectivity index (χ0) is 24.9. The normalized spacial score (nSPS) is 14.6. The number of amides is 1. The van der Waals surface area contributed by atoms with E-state index in [0.717, 1.165) is 12.1 Å². The van der Waals surface area contributed by atoms with E-state index in [-0.39, 0.29) is 24.1 Å². The zero-order valence-corrected chi connectivity index (χ0v) is 18.9. The average molecular weight is 481 g/mol. The SMILES string of the molecule is COc1ccccc1OCCN(C)C(=O)C1CCN(c2ccc(C(F)(F)F)cc2[N+](=O)[O-])CC1. The molecule has 1 heterocycles. The molecule has 0 unspecified atom stereocenters. The Morgan fingerprint density at radius 2 is 1.82 bits per heavy atom. The highest BCUT2D eigenvalue weighted by Crippen LogP contribution is 2.37. The summed E-state index contributed by atoms with van der Waals surface area (Å²) in [7, 11) is 3.23. The molecule has 1 fully saturated rings. The average Bonchev–Trinajstić information content (AvgIpc) is 2.83. The van der Waals surface area contributed by atoms with Gasteiger partial charge in [0.15, 0.2) is 11.5 Å². The lowest BCUT2D eigenvalue weighted by Crippen LogP contribution is -2.42. The molecule has 1 aliphatic heterocycles. The lowest BCUT2D eigenvalue weighted by atomic mass is 9.94. The van der Waals surface area contributed by atoms with Crippen LogP contribution in [0.3, 0.4) is 0 Å². The van der Waals surface area contributed by atoms with Crippen molar-refractivity contribution in [3.05, 3.63) is 58.1 Å². The zero-order valence-electron chi connectivity index (χ0n) is 18.9. The number of hydrogen-bond donors (Lipinski definition) is 0. The highest BCUT2D eigenvalue weighted by Gasteiger charge is 2.35. The van der Waals surface area contributed by atoms with Crippen molar-refractivity contribution in [1.82, 2.24) is 4.90 Å². The predicted molar refractivity (Wildman–Crippen MR) is 119 cm³/mol. The lowest BCUT2D eigenvalue weighted by Gasteiger charge is -2.34. The first-order chi connectivity index (χ1) is 16.1. The van der Waals surface area contributed by atoms with Crippen LogP contribution in [-0.2, 0) is 11.0 Å². The maximum atomic E-state index is 13.0. The number of nitro groups is 1. The van der Waals surface area contributed by atoms with Gasteiger partial charge in [0.05, 0.1) is 24.1 Å². The lowest BCUT2D eigenvalue weighted by molar-refractivity contribution is -0.384. The van der Waals surface area contributed by atoms with Crippen molar-refractivity contribution in [2.24, 2.45) is 5.92 Å². The molecule has 34 heavy (non-hydrogen) atoms. The van der Waals surface area contributed by atoms with Crippen LogP contribution in [0.2, 0.25) is 0 Å². The van der Waals surface area contributed by atoms with Crippen LogP contribution >= 0.6 is 0 Å². The second-order valence-electron chi connectivity index (χ2n) is 7.98. The first kappa shape index (κ1) is 25.1. The van der Waals surface area contributed by atoms with E-state index < -0.39 is 22.4 Å². The molecule has 3 rings (SSSR count). The molecule has 184 valence electrons. The van der Waals surface area contributed by atoms with Crippen LogP contribution in [0.15, 0.2) is 42.5 Å². The van der Waals surface area contributed by atoms with E-state index in [2.05, 4.69) is 0 Å². The monoisotopic (exact) mass is 481 g/mol. The summed E-state index contributed by atoms with van der Waals surface area (Å²) < 4.78 is 49.8. The van der Waals surface area contributed by atoms with Crippen LogP contribution in [0.25, 0.3) is 0 Å². The standard InChI is InChI=1S/C23H26F3N3O5/c1-27(13-14-34-21-6-4-3-5-20(21)33-2)22(30)16-9-11-28(12-10-16)18-8-7-17(23(24,25)26)15-19(18)29(31)32/h3-8,15-16H,9-14H2,1-2H3. The van der Waals surface area contributed by atoms with Crippen LogP contribution in [0.1, 0.15) is 18.4 Å². The quantitative estimate of drug-likeness (QED) is 0.411. The highest BCUT2D eigenvalue weighted by atomic mass is 19.4. The maximum absolute atomic E-state index is 13.0. The Labute approximate surface area is 195 Å². The van der Waals surface area contributed by atoms with Gasteiger partial charge in [0.2, 0.25) is 5.91 Å². The van der Waals surface area contributed by atoms with Crippen LogP contribution in [0.5, 0.6) is 11.5 Å². The molecule has 1 saturated heterocycles. The van der Waals surface area contributed by atoms with Crippen molar-refractivity contribution >= 4 is 17.3 Å². The van der Waals surface area contributed by atoms with E-state index in [0.29, 0.717) is 50.0 Å². The Kier molecular flexibility index (Phi) is 7.85.